The van der Waals surface area contributed by atoms with Crippen molar-refractivity contribution >= 4 is 5.91 Å². The zero-order valence-corrected chi connectivity index (χ0v) is 9.07. The maximum absolute atomic E-state index is 11.2. The van der Waals surface area contributed by atoms with E-state index in [0.29, 0.717) is 5.92 Å². The van der Waals surface area contributed by atoms with Gasteiger partial charge in [0.2, 0.25) is 5.91 Å². The highest BCUT2D eigenvalue weighted by Crippen LogP contribution is 2.24. The molecule has 1 amide bonds. The van der Waals surface area contributed by atoms with Gasteiger partial charge in [-0.15, -0.1) is 0 Å². The van der Waals surface area contributed by atoms with E-state index in [1.807, 2.05) is 11.9 Å². The standard InChI is InChI=1S/C10H21N3O/c1-3-8(11)7-4-5-13(2)9(6-7)10(12)14/h7-9H,3-6,11H2,1-2H3,(H2,12,14). The number of hydrogen-bond acceptors (Lipinski definition) is 3. The van der Waals surface area contributed by atoms with E-state index >= 15 is 0 Å². The summed E-state index contributed by atoms with van der Waals surface area (Å²) in [5, 5.41) is 0. The van der Waals surface area contributed by atoms with E-state index in [1.54, 1.807) is 0 Å². The van der Waals surface area contributed by atoms with Gasteiger partial charge in [0.05, 0.1) is 6.04 Å². The Labute approximate surface area is 85.6 Å². The van der Waals surface area contributed by atoms with Gasteiger partial charge in [-0.2, -0.15) is 0 Å². The topological polar surface area (TPSA) is 72.3 Å². The Hall–Kier alpha value is -0.610. The average Bonchev–Trinajstić information content (AvgIpc) is 2.17. The first kappa shape index (κ1) is 11.5. The van der Waals surface area contributed by atoms with Crippen molar-refractivity contribution in [3.05, 3.63) is 0 Å². The largest absolute Gasteiger partial charge is 0.368 e. The van der Waals surface area contributed by atoms with Crippen LogP contribution in [0.4, 0.5) is 0 Å². The van der Waals surface area contributed by atoms with Gasteiger partial charge in [-0.3, -0.25) is 9.69 Å². The van der Waals surface area contributed by atoms with E-state index < -0.39 is 0 Å². The summed E-state index contributed by atoms with van der Waals surface area (Å²) < 4.78 is 0. The maximum atomic E-state index is 11.2. The Morgan fingerprint density at radius 2 is 2.29 bits per heavy atom. The second-order valence-corrected chi connectivity index (χ2v) is 4.26. The molecule has 0 aromatic carbocycles. The molecule has 0 aliphatic carbocycles. The Kier molecular flexibility index (Phi) is 3.89. The van der Waals surface area contributed by atoms with E-state index in [1.165, 1.54) is 0 Å². The van der Waals surface area contributed by atoms with Crippen LogP contribution in [0.15, 0.2) is 0 Å². The van der Waals surface area contributed by atoms with Crippen molar-refractivity contribution in [3.8, 4) is 0 Å². The third-order valence-electron chi connectivity index (χ3n) is 3.32. The molecule has 82 valence electrons. The molecule has 4 N–H and O–H groups in total. The summed E-state index contributed by atoms with van der Waals surface area (Å²) in [6.45, 7) is 3.01. The lowest BCUT2D eigenvalue weighted by molar-refractivity contribution is -0.124. The minimum atomic E-state index is -0.222. The Bertz CT molecular complexity index is 208. The monoisotopic (exact) mass is 199 g/mol. The molecule has 1 rings (SSSR count). The van der Waals surface area contributed by atoms with E-state index in [-0.39, 0.29) is 18.0 Å². The molecular weight excluding hydrogens is 178 g/mol. The predicted molar refractivity (Wildman–Crippen MR) is 56.6 cm³/mol. The molecule has 0 aromatic rings. The lowest BCUT2D eigenvalue weighted by Gasteiger charge is -2.37. The summed E-state index contributed by atoms with van der Waals surface area (Å²) >= 11 is 0. The quantitative estimate of drug-likeness (QED) is 0.667. The first-order chi connectivity index (χ1) is 6.56. The molecule has 3 atom stereocenters. The van der Waals surface area contributed by atoms with Crippen LogP contribution in [0.1, 0.15) is 26.2 Å². The zero-order chi connectivity index (χ0) is 10.7. The van der Waals surface area contributed by atoms with Gasteiger partial charge in [0, 0.05) is 6.04 Å². The Balaban J connectivity index is 2.57. The molecular formula is C10H21N3O. The van der Waals surface area contributed by atoms with Crippen molar-refractivity contribution < 1.29 is 4.79 Å². The van der Waals surface area contributed by atoms with Crippen molar-refractivity contribution in [1.82, 2.24) is 4.90 Å². The molecule has 1 aliphatic rings. The molecule has 4 nitrogen and oxygen atoms in total. The van der Waals surface area contributed by atoms with Gasteiger partial charge in [0.1, 0.15) is 0 Å². The third kappa shape index (κ3) is 2.45. The molecule has 1 aliphatic heterocycles. The lowest BCUT2D eigenvalue weighted by atomic mass is 9.84. The summed E-state index contributed by atoms with van der Waals surface area (Å²) in [6.07, 6.45) is 2.87. The van der Waals surface area contributed by atoms with Crippen LogP contribution in [-0.2, 0) is 4.79 Å². The van der Waals surface area contributed by atoms with Crippen LogP contribution in [0, 0.1) is 5.92 Å². The second-order valence-electron chi connectivity index (χ2n) is 4.26. The van der Waals surface area contributed by atoms with E-state index in [0.717, 1.165) is 25.8 Å². The second kappa shape index (κ2) is 4.75. The molecule has 0 saturated carbocycles. The summed E-state index contributed by atoms with van der Waals surface area (Å²) in [7, 11) is 1.95. The smallest absolute Gasteiger partial charge is 0.234 e. The van der Waals surface area contributed by atoms with E-state index in [4.69, 9.17) is 11.5 Å². The number of hydrogen-bond donors (Lipinski definition) is 2. The minimum Gasteiger partial charge on any atom is -0.368 e. The van der Waals surface area contributed by atoms with Gasteiger partial charge in [-0.05, 0) is 38.8 Å². The number of likely N-dealkylation sites (tertiary alicyclic amines) is 1. The first-order valence-electron chi connectivity index (χ1n) is 5.31. The van der Waals surface area contributed by atoms with Crippen LogP contribution in [0.25, 0.3) is 0 Å². The van der Waals surface area contributed by atoms with Gasteiger partial charge >= 0.3 is 0 Å². The van der Waals surface area contributed by atoms with Crippen LogP contribution in [0.2, 0.25) is 0 Å². The molecule has 14 heavy (non-hydrogen) atoms. The third-order valence-corrected chi connectivity index (χ3v) is 3.32. The summed E-state index contributed by atoms with van der Waals surface area (Å²) in [5.41, 5.74) is 11.3. The van der Waals surface area contributed by atoms with Gasteiger partial charge in [0.15, 0.2) is 0 Å². The van der Waals surface area contributed by atoms with Crippen molar-refractivity contribution in [3.63, 3.8) is 0 Å². The highest BCUT2D eigenvalue weighted by atomic mass is 16.1. The van der Waals surface area contributed by atoms with Crippen molar-refractivity contribution in [2.75, 3.05) is 13.6 Å². The van der Waals surface area contributed by atoms with Gasteiger partial charge < -0.3 is 11.5 Å². The number of nitrogens with two attached hydrogens (primary N) is 2. The minimum absolute atomic E-state index is 0.119. The number of likely N-dealkylation sites (N-methyl/N-ethyl adjacent to an activating group) is 1. The van der Waals surface area contributed by atoms with Crippen LogP contribution < -0.4 is 11.5 Å². The number of amides is 1. The molecule has 1 heterocycles. The predicted octanol–water partition coefficient (Wildman–Crippen LogP) is -0.0806. The molecule has 0 spiro atoms. The fourth-order valence-corrected chi connectivity index (χ4v) is 2.17. The highest BCUT2D eigenvalue weighted by Gasteiger charge is 2.31. The summed E-state index contributed by atoms with van der Waals surface area (Å²) in [5.74, 6) is 0.231. The van der Waals surface area contributed by atoms with Crippen LogP contribution in [0.3, 0.4) is 0 Å². The van der Waals surface area contributed by atoms with Gasteiger partial charge in [-0.25, -0.2) is 0 Å². The number of carbonyl (C=O) groups is 1. The zero-order valence-electron chi connectivity index (χ0n) is 9.07. The van der Waals surface area contributed by atoms with Crippen molar-refractivity contribution in [2.45, 2.75) is 38.3 Å². The molecule has 0 bridgehead atoms. The fourth-order valence-electron chi connectivity index (χ4n) is 2.17. The fraction of sp³-hybridized carbons (Fsp3) is 0.900. The Morgan fingerprint density at radius 1 is 1.64 bits per heavy atom. The van der Waals surface area contributed by atoms with Gasteiger partial charge in [-0.1, -0.05) is 6.92 Å². The highest BCUT2D eigenvalue weighted by molar-refractivity contribution is 5.79. The van der Waals surface area contributed by atoms with E-state index in [2.05, 4.69) is 6.92 Å². The number of carbonyl (C=O) groups excluding carboxylic acids is 1. The number of rotatable bonds is 3. The van der Waals surface area contributed by atoms with Crippen molar-refractivity contribution in [2.24, 2.45) is 17.4 Å². The molecule has 0 aromatic heterocycles. The van der Waals surface area contributed by atoms with Crippen LogP contribution in [-0.4, -0.2) is 36.5 Å². The maximum Gasteiger partial charge on any atom is 0.234 e. The lowest BCUT2D eigenvalue weighted by Crippen LogP contribution is -2.50. The number of primary amides is 1. The average molecular weight is 199 g/mol. The summed E-state index contributed by atoms with van der Waals surface area (Å²) in [4.78, 5) is 13.2. The molecule has 1 saturated heterocycles. The summed E-state index contributed by atoms with van der Waals surface area (Å²) in [6, 6.07) is 0.0944. The molecule has 4 heteroatoms. The molecule has 3 unspecified atom stereocenters. The SMILES string of the molecule is CCC(N)C1CCN(C)C(C(N)=O)C1. The number of nitrogens with zero attached hydrogens (tertiary/aromatic N) is 1. The normalized spacial score (nSPS) is 31.4. The molecule has 0 radical (unpaired) electrons. The van der Waals surface area contributed by atoms with Crippen LogP contribution in [0.5, 0.6) is 0 Å². The molecule has 1 fully saturated rings. The Morgan fingerprint density at radius 3 is 2.79 bits per heavy atom. The van der Waals surface area contributed by atoms with Crippen molar-refractivity contribution in [1.29, 1.82) is 0 Å². The van der Waals surface area contributed by atoms with Gasteiger partial charge in [0.25, 0.3) is 0 Å². The van der Waals surface area contributed by atoms with Crippen LogP contribution >= 0.6 is 0 Å². The number of piperidine rings is 1. The first-order valence-corrected chi connectivity index (χ1v) is 5.31. The van der Waals surface area contributed by atoms with E-state index in [9.17, 15) is 4.79 Å².